The van der Waals surface area contributed by atoms with Crippen LogP contribution in [-0.4, -0.2) is 120 Å². The maximum atomic E-state index is 10.3. The van der Waals surface area contributed by atoms with Crippen molar-refractivity contribution in [3.63, 3.8) is 0 Å². The predicted molar refractivity (Wildman–Crippen MR) is 69.9 cm³/mol. The fraction of sp³-hybridized carbons (Fsp3) is 0.917. The molecular formula is C12H22O11. The van der Waals surface area contributed by atoms with E-state index < -0.39 is 67.6 Å². The fourth-order valence-corrected chi connectivity index (χ4v) is 2.29. The summed E-state index contributed by atoms with van der Waals surface area (Å²) >= 11 is 0. The first-order chi connectivity index (χ1) is 10.7. The number of aldehydes is 1. The third-order valence-corrected chi connectivity index (χ3v) is 3.80. The standard InChI is InChI=1S/C12H22O11/c13-1-3(15)5(16)7(18)9(20)11(22)12-10(21)8(19)6(17)4(2-14)23-12/h1,3-12,14-22H,2H2/t3-,4+,5+,6-,7-,8-,9-,10+,11-,12+/m0/s1. The summed E-state index contributed by atoms with van der Waals surface area (Å²) in [4.78, 5) is 10.3. The van der Waals surface area contributed by atoms with Gasteiger partial charge < -0.3 is 55.5 Å². The molecule has 9 N–H and O–H groups in total. The Bertz CT molecular complexity index is 378. The zero-order valence-corrected chi connectivity index (χ0v) is 11.9. The van der Waals surface area contributed by atoms with Gasteiger partial charge in [-0.05, 0) is 0 Å². The molecule has 0 radical (unpaired) electrons. The number of ether oxygens (including phenoxy) is 1. The molecule has 0 aromatic heterocycles. The van der Waals surface area contributed by atoms with Gasteiger partial charge in [0, 0.05) is 0 Å². The number of aliphatic hydroxyl groups excluding tert-OH is 9. The average Bonchev–Trinajstić information content (AvgIpc) is 2.56. The van der Waals surface area contributed by atoms with Gasteiger partial charge in [-0.15, -0.1) is 0 Å². The van der Waals surface area contributed by atoms with Crippen molar-refractivity contribution in [2.24, 2.45) is 0 Å². The predicted octanol–water partition coefficient (Wildman–Crippen LogP) is -6.17. The molecule has 0 saturated carbocycles. The molecule has 23 heavy (non-hydrogen) atoms. The van der Waals surface area contributed by atoms with Crippen LogP contribution in [-0.2, 0) is 9.53 Å². The van der Waals surface area contributed by atoms with Crippen LogP contribution in [0.2, 0.25) is 0 Å². The molecule has 0 aromatic carbocycles. The molecule has 1 fully saturated rings. The van der Waals surface area contributed by atoms with Crippen LogP contribution in [0.1, 0.15) is 0 Å². The van der Waals surface area contributed by atoms with Crippen molar-refractivity contribution in [1.29, 1.82) is 0 Å². The Balaban J connectivity index is 2.85. The fourth-order valence-electron chi connectivity index (χ4n) is 2.29. The largest absolute Gasteiger partial charge is 0.394 e. The van der Waals surface area contributed by atoms with Crippen LogP contribution in [0.5, 0.6) is 0 Å². The summed E-state index contributed by atoms with van der Waals surface area (Å²) in [5, 5.41) is 85.9. The van der Waals surface area contributed by atoms with E-state index in [0.717, 1.165) is 0 Å². The summed E-state index contributed by atoms with van der Waals surface area (Å²) in [6.45, 7) is -0.765. The summed E-state index contributed by atoms with van der Waals surface area (Å²) < 4.78 is 4.99. The van der Waals surface area contributed by atoms with Gasteiger partial charge in [0.15, 0.2) is 6.29 Å². The van der Waals surface area contributed by atoms with Crippen LogP contribution in [0.25, 0.3) is 0 Å². The molecule has 0 amide bonds. The average molecular weight is 342 g/mol. The molecule has 10 atom stereocenters. The van der Waals surface area contributed by atoms with Gasteiger partial charge in [0.1, 0.15) is 61.0 Å². The number of rotatable bonds is 7. The Kier molecular flexibility index (Phi) is 7.41. The first kappa shape index (κ1) is 20.3. The van der Waals surface area contributed by atoms with Gasteiger partial charge >= 0.3 is 0 Å². The number of carbonyl (C=O) groups is 1. The highest BCUT2D eigenvalue weighted by Crippen LogP contribution is 2.25. The molecule has 1 rings (SSSR count). The highest BCUT2D eigenvalue weighted by Gasteiger charge is 2.49. The van der Waals surface area contributed by atoms with E-state index in [0.29, 0.717) is 0 Å². The van der Waals surface area contributed by atoms with Crippen molar-refractivity contribution in [3.05, 3.63) is 0 Å². The molecule has 1 aliphatic heterocycles. The molecular weight excluding hydrogens is 320 g/mol. The number of carbonyl (C=O) groups excluding carboxylic acids is 1. The van der Waals surface area contributed by atoms with Crippen molar-refractivity contribution in [2.75, 3.05) is 6.61 Å². The summed E-state index contributed by atoms with van der Waals surface area (Å²) in [6, 6.07) is 0. The Morgan fingerprint density at radius 1 is 0.870 bits per heavy atom. The van der Waals surface area contributed by atoms with Crippen molar-refractivity contribution in [2.45, 2.75) is 61.0 Å². The summed E-state index contributed by atoms with van der Waals surface area (Å²) in [5.41, 5.74) is 0. The third kappa shape index (κ3) is 4.22. The van der Waals surface area contributed by atoms with Gasteiger partial charge in [-0.1, -0.05) is 0 Å². The molecule has 1 aliphatic rings. The van der Waals surface area contributed by atoms with Crippen molar-refractivity contribution in [3.8, 4) is 0 Å². The van der Waals surface area contributed by atoms with Gasteiger partial charge in [0.2, 0.25) is 0 Å². The smallest absolute Gasteiger partial charge is 0.151 e. The molecule has 1 saturated heterocycles. The minimum absolute atomic E-state index is 0.0964. The lowest BCUT2D eigenvalue weighted by atomic mass is 9.88. The van der Waals surface area contributed by atoms with E-state index >= 15 is 0 Å². The molecule has 1 heterocycles. The zero-order chi connectivity index (χ0) is 17.9. The minimum Gasteiger partial charge on any atom is -0.394 e. The van der Waals surface area contributed by atoms with Crippen LogP contribution < -0.4 is 0 Å². The van der Waals surface area contributed by atoms with Crippen molar-refractivity contribution >= 4 is 6.29 Å². The van der Waals surface area contributed by atoms with E-state index in [4.69, 9.17) is 14.9 Å². The Labute approximate surface area is 130 Å². The van der Waals surface area contributed by atoms with Crippen LogP contribution in [0.4, 0.5) is 0 Å². The highest BCUT2D eigenvalue weighted by atomic mass is 16.6. The lowest BCUT2D eigenvalue weighted by Crippen LogP contribution is -2.64. The second-order valence-electron chi connectivity index (χ2n) is 5.38. The van der Waals surface area contributed by atoms with Gasteiger partial charge in [0.25, 0.3) is 0 Å². The van der Waals surface area contributed by atoms with Gasteiger partial charge in [-0.25, -0.2) is 0 Å². The molecule has 11 nitrogen and oxygen atoms in total. The normalized spacial score (nSPS) is 38.4. The Hall–Kier alpha value is -0.730. The zero-order valence-electron chi connectivity index (χ0n) is 11.9. The second kappa shape index (κ2) is 8.39. The van der Waals surface area contributed by atoms with E-state index in [1.165, 1.54) is 0 Å². The van der Waals surface area contributed by atoms with Crippen molar-refractivity contribution in [1.82, 2.24) is 0 Å². The van der Waals surface area contributed by atoms with Crippen LogP contribution in [0.3, 0.4) is 0 Å². The maximum absolute atomic E-state index is 10.3. The van der Waals surface area contributed by atoms with E-state index in [9.17, 15) is 40.5 Å². The quantitative estimate of drug-likeness (QED) is 0.199. The van der Waals surface area contributed by atoms with Gasteiger partial charge in [-0.2, -0.15) is 0 Å². The maximum Gasteiger partial charge on any atom is 0.151 e. The van der Waals surface area contributed by atoms with E-state index in [1.54, 1.807) is 0 Å². The number of aliphatic hydroxyl groups is 9. The van der Waals surface area contributed by atoms with E-state index in [2.05, 4.69) is 0 Å². The third-order valence-electron chi connectivity index (χ3n) is 3.80. The van der Waals surface area contributed by atoms with E-state index in [-0.39, 0.29) is 6.29 Å². The van der Waals surface area contributed by atoms with Crippen LogP contribution >= 0.6 is 0 Å². The topological polar surface area (TPSA) is 208 Å². The summed E-state index contributed by atoms with van der Waals surface area (Å²) in [6.07, 6.45) is -19.1. The Morgan fingerprint density at radius 2 is 1.43 bits per heavy atom. The summed E-state index contributed by atoms with van der Waals surface area (Å²) in [7, 11) is 0. The molecule has 136 valence electrons. The lowest BCUT2D eigenvalue weighted by Gasteiger charge is -2.43. The SMILES string of the molecule is O=C[C@H](O)[C@@H](O)[C@H](O)[C@H](O)[C@H](O)[C@@H]1O[C@H](CO)[C@H](O)[C@H](O)[C@H]1O. The van der Waals surface area contributed by atoms with Crippen LogP contribution in [0.15, 0.2) is 0 Å². The molecule has 0 unspecified atom stereocenters. The number of hydrogen-bond acceptors (Lipinski definition) is 11. The molecule has 0 bridgehead atoms. The van der Waals surface area contributed by atoms with Gasteiger partial charge in [-0.3, -0.25) is 0 Å². The molecule has 0 aliphatic carbocycles. The van der Waals surface area contributed by atoms with Crippen molar-refractivity contribution < 1.29 is 55.5 Å². The first-order valence-electron chi connectivity index (χ1n) is 6.83. The first-order valence-corrected chi connectivity index (χ1v) is 6.83. The minimum atomic E-state index is -2.18. The lowest BCUT2D eigenvalue weighted by molar-refractivity contribution is -0.264. The van der Waals surface area contributed by atoms with Gasteiger partial charge in [0.05, 0.1) is 6.61 Å². The number of hydrogen-bond donors (Lipinski definition) is 9. The highest BCUT2D eigenvalue weighted by molar-refractivity contribution is 5.56. The molecule has 11 heteroatoms. The van der Waals surface area contributed by atoms with E-state index in [1.807, 2.05) is 0 Å². The van der Waals surface area contributed by atoms with Crippen LogP contribution in [0, 0.1) is 0 Å². The second-order valence-corrected chi connectivity index (χ2v) is 5.38. The molecule has 0 aromatic rings. The Morgan fingerprint density at radius 3 is 1.91 bits per heavy atom. The monoisotopic (exact) mass is 342 g/mol. The molecule has 0 spiro atoms. The summed E-state index contributed by atoms with van der Waals surface area (Å²) in [5.74, 6) is 0.